The van der Waals surface area contributed by atoms with Crippen molar-refractivity contribution in [3.05, 3.63) is 59.9 Å². The maximum absolute atomic E-state index is 12.7. The van der Waals surface area contributed by atoms with Crippen molar-refractivity contribution in [1.29, 1.82) is 0 Å². The molecule has 0 saturated carbocycles. The van der Waals surface area contributed by atoms with Crippen molar-refractivity contribution in [3.8, 4) is 11.5 Å². The first-order chi connectivity index (χ1) is 8.15. The Morgan fingerprint density at radius 1 is 1.06 bits per heavy atom. The second-order valence-electron chi connectivity index (χ2n) is 3.45. The van der Waals surface area contributed by atoms with E-state index in [-0.39, 0.29) is 5.82 Å². The summed E-state index contributed by atoms with van der Waals surface area (Å²) in [4.78, 5) is 11.0. The molecule has 0 radical (unpaired) electrons. The summed E-state index contributed by atoms with van der Waals surface area (Å²) in [5, 5.41) is 0. The zero-order valence-electron chi connectivity index (χ0n) is 8.89. The Bertz CT molecular complexity index is 537. The zero-order valence-corrected chi connectivity index (χ0v) is 8.89. The summed E-state index contributed by atoms with van der Waals surface area (Å²) in [5.41, 5.74) is 5.52. The molecule has 4 heteroatoms. The number of rotatable bonds is 3. The molecule has 0 bridgehead atoms. The summed E-state index contributed by atoms with van der Waals surface area (Å²) >= 11 is 0. The molecule has 0 heterocycles. The third-order valence-electron chi connectivity index (χ3n) is 2.17. The number of primary amides is 1. The van der Waals surface area contributed by atoms with Gasteiger partial charge < -0.3 is 10.5 Å². The number of benzene rings is 2. The van der Waals surface area contributed by atoms with Crippen LogP contribution in [0.25, 0.3) is 0 Å². The Hall–Kier alpha value is -2.36. The summed E-state index contributed by atoms with van der Waals surface area (Å²) in [5.74, 6) is 0.124. The number of hydrogen-bond acceptors (Lipinski definition) is 2. The van der Waals surface area contributed by atoms with Crippen molar-refractivity contribution in [1.82, 2.24) is 0 Å². The summed E-state index contributed by atoms with van der Waals surface area (Å²) in [7, 11) is 0. The van der Waals surface area contributed by atoms with E-state index >= 15 is 0 Å². The van der Waals surface area contributed by atoms with Gasteiger partial charge in [0, 0.05) is 5.56 Å². The van der Waals surface area contributed by atoms with Crippen LogP contribution in [0.1, 0.15) is 10.4 Å². The van der Waals surface area contributed by atoms with Crippen molar-refractivity contribution in [2.45, 2.75) is 0 Å². The summed E-state index contributed by atoms with van der Waals surface area (Å²) < 4.78 is 18.1. The van der Waals surface area contributed by atoms with Gasteiger partial charge in [-0.3, -0.25) is 4.79 Å². The number of carbonyl (C=O) groups is 1. The van der Waals surface area contributed by atoms with Crippen LogP contribution < -0.4 is 10.5 Å². The molecule has 0 aliphatic carbocycles. The minimum absolute atomic E-state index is 0.330. The fraction of sp³-hybridized carbons (Fsp3) is 0. The quantitative estimate of drug-likeness (QED) is 0.882. The lowest BCUT2D eigenvalue weighted by atomic mass is 10.2. The van der Waals surface area contributed by atoms with Crippen molar-refractivity contribution in [3.63, 3.8) is 0 Å². The highest BCUT2D eigenvalue weighted by Crippen LogP contribution is 2.22. The van der Waals surface area contributed by atoms with E-state index in [9.17, 15) is 9.18 Å². The fourth-order valence-electron chi connectivity index (χ4n) is 1.35. The number of ether oxygens (including phenoxy) is 1. The maximum atomic E-state index is 12.7. The first-order valence-corrected chi connectivity index (χ1v) is 4.98. The van der Waals surface area contributed by atoms with Gasteiger partial charge in [-0.1, -0.05) is 6.07 Å². The highest BCUT2D eigenvalue weighted by atomic mass is 19.1. The normalized spacial score (nSPS) is 9.94. The second kappa shape index (κ2) is 4.65. The Morgan fingerprint density at radius 3 is 2.41 bits per heavy atom. The highest BCUT2D eigenvalue weighted by Gasteiger charge is 2.03. The van der Waals surface area contributed by atoms with Gasteiger partial charge in [-0.15, -0.1) is 0 Å². The number of nitrogens with two attached hydrogens (primary N) is 1. The van der Waals surface area contributed by atoms with Crippen LogP contribution in [-0.4, -0.2) is 5.91 Å². The van der Waals surface area contributed by atoms with E-state index in [0.29, 0.717) is 17.1 Å². The van der Waals surface area contributed by atoms with Gasteiger partial charge >= 0.3 is 0 Å². The summed E-state index contributed by atoms with van der Waals surface area (Å²) in [6.07, 6.45) is 0. The SMILES string of the molecule is NC(=O)c1cccc(Oc2ccc(F)cc2)c1. The van der Waals surface area contributed by atoms with E-state index in [2.05, 4.69) is 0 Å². The lowest BCUT2D eigenvalue weighted by molar-refractivity contribution is 0.1000. The first-order valence-electron chi connectivity index (χ1n) is 4.98. The van der Waals surface area contributed by atoms with Crippen LogP contribution in [0.4, 0.5) is 4.39 Å². The summed E-state index contributed by atoms with van der Waals surface area (Å²) in [6.45, 7) is 0. The van der Waals surface area contributed by atoms with Gasteiger partial charge in [-0.2, -0.15) is 0 Å². The molecule has 0 aliphatic heterocycles. The van der Waals surface area contributed by atoms with Gasteiger partial charge in [-0.05, 0) is 42.5 Å². The van der Waals surface area contributed by atoms with E-state index < -0.39 is 5.91 Å². The van der Waals surface area contributed by atoms with Crippen molar-refractivity contribution in [2.75, 3.05) is 0 Å². The largest absolute Gasteiger partial charge is 0.457 e. The third-order valence-corrected chi connectivity index (χ3v) is 2.17. The van der Waals surface area contributed by atoms with E-state index in [4.69, 9.17) is 10.5 Å². The van der Waals surface area contributed by atoms with Crippen LogP contribution in [0.3, 0.4) is 0 Å². The molecular weight excluding hydrogens is 221 g/mol. The summed E-state index contributed by atoms with van der Waals surface area (Å²) in [6, 6.07) is 12.1. The molecule has 0 saturated heterocycles. The van der Waals surface area contributed by atoms with Crippen molar-refractivity contribution < 1.29 is 13.9 Å². The highest BCUT2D eigenvalue weighted by molar-refractivity contribution is 5.93. The molecule has 86 valence electrons. The van der Waals surface area contributed by atoms with Crippen molar-refractivity contribution >= 4 is 5.91 Å². The maximum Gasteiger partial charge on any atom is 0.248 e. The second-order valence-corrected chi connectivity index (χ2v) is 3.45. The van der Waals surface area contributed by atoms with E-state index in [1.54, 1.807) is 18.2 Å². The molecule has 0 aromatic heterocycles. The third kappa shape index (κ3) is 2.81. The zero-order chi connectivity index (χ0) is 12.3. The van der Waals surface area contributed by atoms with Gasteiger partial charge in [0.05, 0.1) is 0 Å². The molecule has 3 nitrogen and oxygen atoms in total. The van der Waals surface area contributed by atoms with Gasteiger partial charge in [-0.25, -0.2) is 4.39 Å². The van der Waals surface area contributed by atoms with Crippen LogP contribution in [0.2, 0.25) is 0 Å². The molecule has 0 aliphatic rings. The number of hydrogen-bond donors (Lipinski definition) is 1. The topological polar surface area (TPSA) is 52.3 Å². The monoisotopic (exact) mass is 231 g/mol. The molecule has 2 N–H and O–H groups in total. The average Bonchev–Trinajstić information content (AvgIpc) is 2.32. The standard InChI is InChI=1S/C13H10FNO2/c14-10-4-6-11(7-5-10)17-12-3-1-2-9(8-12)13(15)16/h1-8H,(H2,15,16). The van der Waals surface area contributed by atoms with Crippen LogP contribution in [0, 0.1) is 5.82 Å². The lowest BCUT2D eigenvalue weighted by Gasteiger charge is -2.06. The molecule has 2 aromatic carbocycles. The van der Waals surface area contributed by atoms with E-state index in [1.807, 2.05) is 0 Å². The predicted molar refractivity (Wildman–Crippen MR) is 61.4 cm³/mol. The van der Waals surface area contributed by atoms with Crippen LogP contribution in [-0.2, 0) is 0 Å². The Balaban J connectivity index is 2.21. The van der Waals surface area contributed by atoms with Crippen LogP contribution in [0.15, 0.2) is 48.5 Å². The van der Waals surface area contributed by atoms with Gasteiger partial charge in [0.15, 0.2) is 0 Å². The molecule has 2 aromatic rings. The molecule has 0 atom stereocenters. The van der Waals surface area contributed by atoms with E-state index in [0.717, 1.165) is 0 Å². The molecule has 0 unspecified atom stereocenters. The van der Waals surface area contributed by atoms with Gasteiger partial charge in [0.1, 0.15) is 17.3 Å². The van der Waals surface area contributed by atoms with E-state index in [1.165, 1.54) is 30.3 Å². The number of amides is 1. The first kappa shape index (κ1) is 11.1. The van der Waals surface area contributed by atoms with Crippen molar-refractivity contribution in [2.24, 2.45) is 5.73 Å². The van der Waals surface area contributed by atoms with Crippen LogP contribution in [0.5, 0.6) is 11.5 Å². The Labute approximate surface area is 97.6 Å². The minimum atomic E-state index is -0.519. The van der Waals surface area contributed by atoms with Gasteiger partial charge in [0.2, 0.25) is 5.91 Å². The molecule has 0 spiro atoms. The molecule has 0 fully saturated rings. The van der Waals surface area contributed by atoms with Gasteiger partial charge in [0.25, 0.3) is 0 Å². The molecule has 17 heavy (non-hydrogen) atoms. The predicted octanol–water partition coefficient (Wildman–Crippen LogP) is 2.72. The number of halogens is 1. The molecular formula is C13H10FNO2. The minimum Gasteiger partial charge on any atom is -0.457 e. The Morgan fingerprint density at radius 2 is 1.76 bits per heavy atom. The Kier molecular flexibility index (Phi) is 3.05. The lowest BCUT2D eigenvalue weighted by Crippen LogP contribution is -2.10. The van der Waals surface area contributed by atoms with Crippen LogP contribution >= 0.6 is 0 Å². The number of carbonyl (C=O) groups excluding carboxylic acids is 1. The smallest absolute Gasteiger partial charge is 0.248 e. The molecule has 1 amide bonds. The average molecular weight is 231 g/mol. The fourth-order valence-corrected chi connectivity index (χ4v) is 1.35. The molecule has 2 rings (SSSR count).